The quantitative estimate of drug-likeness (QED) is 0.772. The molecule has 0 saturated carbocycles. The van der Waals surface area contributed by atoms with Crippen LogP contribution in [0, 0.1) is 17.7 Å². The Morgan fingerprint density at radius 2 is 2.15 bits per heavy atom. The fourth-order valence-electron chi connectivity index (χ4n) is 3.99. The lowest BCUT2D eigenvalue weighted by Gasteiger charge is -2.44. The van der Waals surface area contributed by atoms with Gasteiger partial charge in [-0.15, -0.1) is 0 Å². The van der Waals surface area contributed by atoms with Crippen molar-refractivity contribution in [2.45, 2.75) is 38.3 Å². The van der Waals surface area contributed by atoms with Gasteiger partial charge in [-0.2, -0.15) is 0 Å². The van der Waals surface area contributed by atoms with Crippen molar-refractivity contribution in [2.24, 2.45) is 0 Å². The van der Waals surface area contributed by atoms with E-state index in [1.165, 1.54) is 17.7 Å². The number of aryl methyl sites for hydroxylation is 1. The molecule has 1 aliphatic carbocycles. The Balaban J connectivity index is 1.62. The topological polar surface area (TPSA) is 25.4 Å². The van der Waals surface area contributed by atoms with Gasteiger partial charge < -0.3 is 4.74 Å². The number of halogens is 1. The van der Waals surface area contributed by atoms with E-state index in [9.17, 15) is 4.39 Å². The number of morpholine rings is 1. The Hall–Kier alpha value is -2.22. The molecule has 4 rings (SSSR count). The van der Waals surface area contributed by atoms with Gasteiger partial charge in [0.25, 0.3) is 0 Å². The first kappa shape index (κ1) is 17.2. The molecule has 1 saturated heterocycles. The van der Waals surface area contributed by atoms with Gasteiger partial charge in [0.1, 0.15) is 5.82 Å². The van der Waals surface area contributed by atoms with Crippen molar-refractivity contribution in [2.75, 3.05) is 19.7 Å². The van der Waals surface area contributed by atoms with Crippen molar-refractivity contribution in [1.29, 1.82) is 0 Å². The molecule has 1 aromatic carbocycles. The first-order chi connectivity index (χ1) is 12.7. The Kier molecular flexibility index (Phi) is 5.01. The van der Waals surface area contributed by atoms with E-state index >= 15 is 0 Å². The highest BCUT2D eigenvalue weighted by atomic mass is 19.1. The summed E-state index contributed by atoms with van der Waals surface area (Å²) in [6, 6.07) is 8.90. The number of hydrogen-bond donors (Lipinski definition) is 0. The third-order valence-corrected chi connectivity index (χ3v) is 5.17. The van der Waals surface area contributed by atoms with Crippen LogP contribution in [0.4, 0.5) is 4.39 Å². The van der Waals surface area contributed by atoms with E-state index < -0.39 is 0 Å². The molecule has 1 aromatic heterocycles. The van der Waals surface area contributed by atoms with Gasteiger partial charge in [-0.1, -0.05) is 24.8 Å². The first-order valence-corrected chi connectivity index (χ1v) is 9.36. The van der Waals surface area contributed by atoms with Gasteiger partial charge in [0.05, 0.1) is 12.7 Å². The Morgan fingerprint density at radius 1 is 1.27 bits per heavy atom. The van der Waals surface area contributed by atoms with Crippen LogP contribution >= 0.6 is 0 Å². The zero-order valence-electron chi connectivity index (χ0n) is 15.0. The first-order valence-electron chi connectivity index (χ1n) is 9.36. The number of ether oxygens (including phenoxy) is 1. The molecule has 1 fully saturated rings. The van der Waals surface area contributed by atoms with Gasteiger partial charge in [0.2, 0.25) is 0 Å². The average molecular weight is 350 g/mol. The molecule has 0 radical (unpaired) electrons. The average Bonchev–Trinajstić information content (AvgIpc) is 2.66. The van der Waals surface area contributed by atoms with E-state index in [-0.39, 0.29) is 11.9 Å². The molecule has 0 unspecified atom stereocenters. The lowest BCUT2D eigenvalue weighted by Crippen LogP contribution is -2.49. The predicted octanol–water partition coefficient (Wildman–Crippen LogP) is 3.72. The third-order valence-electron chi connectivity index (χ3n) is 5.17. The molecular formula is C22H23FN2O. The monoisotopic (exact) mass is 350 g/mol. The van der Waals surface area contributed by atoms with Crippen LogP contribution in [-0.4, -0.2) is 35.6 Å². The normalized spacial score (nSPS) is 22.1. The fraction of sp³-hybridized carbons (Fsp3) is 0.409. The van der Waals surface area contributed by atoms with Gasteiger partial charge >= 0.3 is 0 Å². The second kappa shape index (κ2) is 7.57. The number of pyridine rings is 1. The Morgan fingerprint density at radius 3 is 3.00 bits per heavy atom. The largest absolute Gasteiger partial charge is 0.370 e. The van der Waals surface area contributed by atoms with Crippen LogP contribution in [0.3, 0.4) is 0 Å². The van der Waals surface area contributed by atoms with Gasteiger partial charge in [-0.05, 0) is 50.1 Å². The molecule has 1 aliphatic heterocycles. The lowest BCUT2D eigenvalue weighted by atomic mass is 9.86. The summed E-state index contributed by atoms with van der Waals surface area (Å²) in [6.07, 6.45) is 5.14. The number of hydrogen-bond acceptors (Lipinski definition) is 3. The number of benzene rings is 1. The number of fused-ring (bicyclic) bond motifs is 3. The van der Waals surface area contributed by atoms with Gasteiger partial charge in [-0.3, -0.25) is 9.88 Å². The summed E-state index contributed by atoms with van der Waals surface area (Å²) in [5.41, 5.74) is 3.82. The van der Waals surface area contributed by atoms with E-state index in [1.54, 1.807) is 6.07 Å². The van der Waals surface area contributed by atoms with Crippen LogP contribution in [0.1, 0.15) is 48.3 Å². The Bertz CT molecular complexity index is 853. The van der Waals surface area contributed by atoms with E-state index in [2.05, 4.69) is 34.7 Å². The maximum absolute atomic E-state index is 13.3. The minimum Gasteiger partial charge on any atom is -0.370 e. The second-order valence-electron chi connectivity index (χ2n) is 6.95. The lowest BCUT2D eigenvalue weighted by molar-refractivity contribution is -0.0805. The molecule has 2 aliphatic rings. The molecule has 4 heteroatoms. The summed E-state index contributed by atoms with van der Waals surface area (Å²) in [5.74, 6) is 5.88. The van der Waals surface area contributed by atoms with Crippen LogP contribution in [0.25, 0.3) is 0 Å². The maximum Gasteiger partial charge on any atom is 0.124 e. The minimum absolute atomic E-state index is 0.0856. The fourth-order valence-corrected chi connectivity index (χ4v) is 3.99. The highest BCUT2D eigenvalue weighted by Crippen LogP contribution is 2.37. The van der Waals surface area contributed by atoms with E-state index in [0.717, 1.165) is 50.2 Å². The number of aromatic nitrogens is 1. The summed E-state index contributed by atoms with van der Waals surface area (Å²) >= 11 is 0. The van der Waals surface area contributed by atoms with E-state index in [1.807, 2.05) is 12.3 Å². The van der Waals surface area contributed by atoms with Crippen LogP contribution in [0.2, 0.25) is 0 Å². The van der Waals surface area contributed by atoms with Crippen LogP contribution < -0.4 is 0 Å². The maximum atomic E-state index is 13.3. The molecule has 2 heterocycles. The van der Waals surface area contributed by atoms with Crippen molar-refractivity contribution in [1.82, 2.24) is 9.88 Å². The van der Waals surface area contributed by atoms with Crippen molar-refractivity contribution in [3.8, 4) is 11.8 Å². The van der Waals surface area contributed by atoms with E-state index in [4.69, 9.17) is 4.74 Å². The summed E-state index contributed by atoms with van der Waals surface area (Å²) < 4.78 is 19.4. The second-order valence-corrected chi connectivity index (χ2v) is 6.95. The minimum atomic E-state index is -0.269. The van der Waals surface area contributed by atoms with E-state index in [0.29, 0.717) is 11.6 Å². The molecular weight excluding hydrogens is 327 g/mol. The van der Waals surface area contributed by atoms with Gasteiger partial charge in [0.15, 0.2) is 0 Å². The van der Waals surface area contributed by atoms with Crippen LogP contribution in [0.5, 0.6) is 0 Å². The molecule has 26 heavy (non-hydrogen) atoms. The highest BCUT2D eigenvalue weighted by Gasteiger charge is 2.37. The zero-order valence-corrected chi connectivity index (χ0v) is 15.0. The predicted molar refractivity (Wildman–Crippen MR) is 99.3 cm³/mol. The SMILES string of the molecule is CCCN1CCO[C@@H]2c3cc(C#Cc4cccc(F)c4)cnc3CC[C@@H]21. The summed E-state index contributed by atoms with van der Waals surface area (Å²) in [7, 11) is 0. The van der Waals surface area contributed by atoms with Gasteiger partial charge in [0, 0.05) is 41.2 Å². The molecule has 0 bridgehead atoms. The molecule has 134 valence electrons. The molecule has 3 nitrogen and oxygen atoms in total. The molecule has 2 aromatic rings. The molecule has 0 N–H and O–H groups in total. The van der Waals surface area contributed by atoms with Crippen LogP contribution in [0.15, 0.2) is 36.5 Å². The number of nitrogens with zero attached hydrogens (tertiary/aromatic N) is 2. The summed E-state index contributed by atoms with van der Waals surface area (Å²) in [4.78, 5) is 7.19. The Labute approximate surface area is 154 Å². The van der Waals surface area contributed by atoms with Crippen molar-refractivity contribution >= 4 is 0 Å². The standard InChI is InChI=1S/C22H23FN2O/c1-2-10-25-11-12-26-22-19-14-17(15-24-20(19)8-9-21(22)25)7-6-16-4-3-5-18(23)13-16/h3-5,13-15,21-22H,2,8-12H2,1H3/t21-,22+/m0/s1. The third kappa shape index (κ3) is 3.51. The van der Waals surface area contributed by atoms with Crippen LogP contribution in [-0.2, 0) is 11.2 Å². The van der Waals surface area contributed by atoms with Crippen molar-refractivity contribution in [3.63, 3.8) is 0 Å². The van der Waals surface area contributed by atoms with Gasteiger partial charge in [-0.25, -0.2) is 4.39 Å². The van der Waals surface area contributed by atoms with Crippen molar-refractivity contribution in [3.05, 3.63) is 64.7 Å². The molecule has 0 amide bonds. The summed E-state index contributed by atoms with van der Waals surface area (Å²) in [6.45, 7) is 5.12. The van der Waals surface area contributed by atoms with Crippen molar-refractivity contribution < 1.29 is 9.13 Å². The highest BCUT2D eigenvalue weighted by molar-refractivity contribution is 5.44. The zero-order chi connectivity index (χ0) is 17.9. The molecule has 0 spiro atoms. The molecule has 2 atom stereocenters. The number of rotatable bonds is 2. The smallest absolute Gasteiger partial charge is 0.124 e. The summed E-state index contributed by atoms with van der Waals surface area (Å²) in [5, 5.41) is 0.